The lowest BCUT2D eigenvalue weighted by Crippen LogP contribution is -2.56. The Morgan fingerprint density at radius 3 is 2.42 bits per heavy atom. The van der Waals surface area contributed by atoms with Gasteiger partial charge in [0, 0.05) is 35.8 Å². The van der Waals surface area contributed by atoms with Crippen molar-refractivity contribution in [1.82, 2.24) is 14.1 Å². The summed E-state index contributed by atoms with van der Waals surface area (Å²) in [6.45, 7) is 3.08. The Morgan fingerprint density at radius 2 is 1.76 bits per heavy atom. The average molecular weight is 544 g/mol. The van der Waals surface area contributed by atoms with E-state index in [1.165, 1.54) is 27.3 Å². The van der Waals surface area contributed by atoms with Crippen LogP contribution in [0.15, 0.2) is 65.6 Å². The second-order valence-electron chi connectivity index (χ2n) is 11.0. The Labute approximate surface area is 220 Å². The number of halogens is 2. The van der Waals surface area contributed by atoms with Crippen molar-refractivity contribution in [1.29, 1.82) is 0 Å². The summed E-state index contributed by atoms with van der Waals surface area (Å²) in [6.07, 6.45) is 2.73. The first kappa shape index (κ1) is 26.6. The molecule has 2 aromatic carbocycles. The molecule has 38 heavy (non-hydrogen) atoms. The smallest absolute Gasteiger partial charge is 0.266 e. The molecule has 3 aromatic rings. The normalized spacial score (nSPS) is 29.1. The molecule has 1 aliphatic heterocycles. The zero-order valence-corrected chi connectivity index (χ0v) is 22.2. The predicted molar refractivity (Wildman–Crippen MR) is 139 cm³/mol. The van der Waals surface area contributed by atoms with Crippen molar-refractivity contribution in [2.24, 2.45) is 0 Å². The van der Waals surface area contributed by atoms with Gasteiger partial charge in [0.25, 0.3) is 5.56 Å². The molecule has 7 nitrogen and oxygen atoms in total. The fourth-order valence-electron chi connectivity index (χ4n) is 6.22. The van der Waals surface area contributed by atoms with Gasteiger partial charge in [-0.2, -0.15) is 9.40 Å². The SMILES string of the molecule is CC1CCC(c2ccccc2)S(=O)(=O)N1Cc1cc(F)c(C2(Cn3ncccc3=O)CC(C)(O)C2)cc1F. The quantitative estimate of drug-likeness (QED) is 0.506. The van der Waals surface area contributed by atoms with E-state index in [-0.39, 0.29) is 48.7 Å². The molecule has 2 aliphatic rings. The molecule has 0 bridgehead atoms. The average Bonchev–Trinajstić information content (AvgIpc) is 2.84. The number of benzene rings is 2. The molecule has 202 valence electrons. The van der Waals surface area contributed by atoms with Crippen molar-refractivity contribution in [2.45, 2.75) is 74.9 Å². The third-order valence-corrected chi connectivity index (χ3v) is 10.3. The van der Waals surface area contributed by atoms with Crippen molar-refractivity contribution in [3.8, 4) is 0 Å². The number of hydrogen-bond donors (Lipinski definition) is 1. The van der Waals surface area contributed by atoms with Gasteiger partial charge in [0.15, 0.2) is 0 Å². The Balaban J connectivity index is 1.47. The molecule has 0 spiro atoms. The van der Waals surface area contributed by atoms with Gasteiger partial charge in [-0.1, -0.05) is 30.3 Å². The summed E-state index contributed by atoms with van der Waals surface area (Å²) in [4.78, 5) is 12.3. The molecule has 2 unspecified atom stereocenters. The largest absolute Gasteiger partial charge is 0.390 e. The van der Waals surface area contributed by atoms with Crippen LogP contribution in [-0.2, 0) is 28.5 Å². The molecule has 1 N–H and O–H groups in total. The predicted octanol–water partition coefficient (Wildman–Crippen LogP) is 4.06. The summed E-state index contributed by atoms with van der Waals surface area (Å²) in [6, 6.07) is 13.5. The Kier molecular flexibility index (Phi) is 6.77. The van der Waals surface area contributed by atoms with Crippen LogP contribution in [0.5, 0.6) is 0 Å². The van der Waals surface area contributed by atoms with Crippen LogP contribution in [-0.4, -0.2) is 39.3 Å². The third kappa shape index (κ3) is 4.81. The van der Waals surface area contributed by atoms with E-state index in [0.29, 0.717) is 18.4 Å². The van der Waals surface area contributed by atoms with E-state index in [1.54, 1.807) is 38.1 Å². The summed E-state index contributed by atoms with van der Waals surface area (Å²) in [5.41, 5.74) is -1.85. The summed E-state index contributed by atoms with van der Waals surface area (Å²) in [7, 11) is -3.82. The highest BCUT2D eigenvalue weighted by molar-refractivity contribution is 7.89. The van der Waals surface area contributed by atoms with Crippen molar-refractivity contribution in [3.05, 3.63) is 99.5 Å². The van der Waals surface area contributed by atoms with Crippen molar-refractivity contribution < 1.29 is 22.3 Å². The van der Waals surface area contributed by atoms with E-state index in [4.69, 9.17) is 0 Å². The standard InChI is InChI=1S/C28H31F2N3O4S/c1-19-10-11-25(20-7-4-3-5-8-20)38(36,37)33(19)15-21-13-24(30)22(14-23(21)29)28(16-27(2,35)17-28)18-32-26(34)9-6-12-31-32/h3-9,12-14,19,25,35H,10-11,15-18H2,1-2H3. The molecule has 1 saturated heterocycles. The van der Waals surface area contributed by atoms with E-state index in [1.807, 2.05) is 6.07 Å². The monoisotopic (exact) mass is 543 g/mol. The highest BCUT2D eigenvalue weighted by Gasteiger charge is 2.54. The first-order valence-corrected chi connectivity index (χ1v) is 14.2. The van der Waals surface area contributed by atoms with E-state index in [2.05, 4.69) is 5.10 Å². The second-order valence-corrected chi connectivity index (χ2v) is 13.1. The molecule has 10 heteroatoms. The number of aromatic nitrogens is 2. The fourth-order valence-corrected chi connectivity index (χ4v) is 8.41. The van der Waals surface area contributed by atoms with Gasteiger partial charge < -0.3 is 5.11 Å². The first-order valence-electron chi connectivity index (χ1n) is 12.7. The molecule has 2 fully saturated rings. The molecule has 1 aromatic heterocycles. The molecule has 0 amide bonds. The molecule has 0 radical (unpaired) electrons. The maximum atomic E-state index is 15.7. The maximum absolute atomic E-state index is 15.7. The second kappa shape index (κ2) is 9.66. The van der Waals surface area contributed by atoms with Gasteiger partial charge in [0.05, 0.1) is 12.1 Å². The lowest BCUT2D eigenvalue weighted by molar-refractivity contribution is -0.0846. The summed E-state index contributed by atoms with van der Waals surface area (Å²) >= 11 is 0. The van der Waals surface area contributed by atoms with Gasteiger partial charge in [-0.25, -0.2) is 21.9 Å². The minimum atomic E-state index is -3.82. The van der Waals surface area contributed by atoms with Crippen LogP contribution in [0.1, 0.15) is 61.5 Å². The highest BCUT2D eigenvalue weighted by Crippen LogP contribution is 2.52. The molecule has 5 rings (SSSR count). The van der Waals surface area contributed by atoms with Crippen molar-refractivity contribution in [3.63, 3.8) is 0 Å². The fraction of sp³-hybridized carbons (Fsp3) is 0.429. The maximum Gasteiger partial charge on any atom is 0.266 e. The van der Waals surface area contributed by atoms with Crippen molar-refractivity contribution >= 4 is 10.0 Å². The van der Waals surface area contributed by atoms with Gasteiger partial charge in [0.2, 0.25) is 10.0 Å². The molecular weight excluding hydrogens is 512 g/mol. The zero-order valence-electron chi connectivity index (χ0n) is 21.3. The van der Waals surface area contributed by atoms with Crippen LogP contribution < -0.4 is 5.56 Å². The summed E-state index contributed by atoms with van der Waals surface area (Å²) < 4.78 is 60.8. The molecule has 2 atom stereocenters. The number of nitrogens with zero attached hydrogens (tertiary/aromatic N) is 3. The molecule has 2 heterocycles. The topological polar surface area (TPSA) is 92.5 Å². The Hall–Kier alpha value is -2.95. The molecule has 1 saturated carbocycles. The van der Waals surface area contributed by atoms with Gasteiger partial charge in [0.1, 0.15) is 16.9 Å². The van der Waals surface area contributed by atoms with Crippen LogP contribution in [0.2, 0.25) is 0 Å². The summed E-state index contributed by atoms with van der Waals surface area (Å²) in [5.74, 6) is -1.44. The minimum absolute atomic E-state index is 0.0190. The van der Waals surface area contributed by atoms with Crippen LogP contribution in [0.4, 0.5) is 8.78 Å². The number of rotatable bonds is 6. The van der Waals surface area contributed by atoms with E-state index < -0.39 is 37.9 Å². The van der Waals surface area contributed by atoms with E-state index in [0.717, 1.165) is 12.1 Å². The zero-order chi connectivity index (χ0) is 27.3. The number of hydrogen-bond acceptors (Lipinski definition) is 5. The number of sulfonamides is 1. The highest BCUT2D eigenvalue weighted by atomic mass is 32.2. The van der Waals surface area contributed by atoms with Crippen molar-refractivity contribution in [2.75, 3.05) is 0 Å². The lowest BCUT2D eigenvalue weighted by Gasteiger charge is -2.52. The van der Waals surface area contributed by atoms with Crippen LogP contribution in [0, 0.1) is 11.6 Å². The van der Waals surface area contributed by atoms with Gasteiger partial charge in [-0.15, -0.1) is 0 Å². The third-order valence-electron chi connectivity index (χ3n) is 7.91. The van der Waals surface area contributed by atoms with Gasteiger partial charge in [-0.05, 0) is 68.9 Å². The van der Waals surface area contributed by atoms with E-state index >= 15 is 8.78 Å². The van der Waals surface area contributed by atoms with Gasteiger partial charge in [-0.3, -0.25) is 4.79 Å². The number of aliphatic hydroxyl groups is 1. The van der Waals surface area contributed by atoms with Crippen LogP contribution in [0.25, 0.3) is 0 Å². The van der Waals surface area contributed by atoms with Crippen LogP contribution in [0.3, 0.4) is 0 Å². The Bertz CT molecular complexity index is 1500. The van der Waals surface area contributed by atoms with Gasteiger partial charge >= 0.3 is 0 Å². The molecular formula is C28H31F2N3O4S. The minimum Gasteiger partial charge on any atom is -0.390 e. The molecule has 1 aliphatic carbocycles. The summed E-state index contributed by atoms with van der Waals surface area (Å²) in [5, 5.41) is 13.8. The van der Waals surface area contributed by atoms with E-state index in [9.17, 15) is 18.3 Å². The first-order chi connectivity index (χ1) is 17.9. The van der Waals surface area contributed by atoms with Crippen LogP contribution >= 0.6 is 0 Å². The Morgan fingerprint density at radius 1 is 1.05 bits per heavy atom. The lowest BCUT2D eigenvalue weighted by atomic mass is 9.56.